The zero-order valence-corrected chi connectivity index (χ0v) is 15.1. The maximum absolute atomic E-state index is 12.3. The Morgan fingerprint density at radius 2 is 1.18 bits per heavy atom. The van der Waals surface area contributed by atoms with E-state index in [-0.39, 0.29) is 25.5 Å². The van der Waals surface area contributed by atoms with E-state index in [4.69, 9.17) is 5.26 Å². The predicted molar refractivity (Wildman–Crippen MR) is 97.8 cm³/mol. The number of benzene rings is 2. The highest BCUT2D eigenvalue weighted by Crippen LogP contribution is 2.36. The highest BCUT2D eigenvalue weighted by molar-refractivity contribution is 5.37. The van der Waals surface area contributed by atoms with Gasteiger partial charge in [0.25, 0.3) is 0 Å². The number of hydrogen-bond donors (Lipinski definition) is 0. The Bertz CT molecular complexity index is 781. The van der Waals surface area contributed by atoms with Gasteiger partial charge in [-0.1, -0.05) is 27.3 Å². The molecule has 0 atom stereocenters. The van der Waals surface area contributed by atoms with Gasteiger partial charge in [-0.05, 0) is 66.8 Å². The van der Waals surface area contributed by atoms with Gasteiger partial charge < -0.3 is 0 Å². The number of rotatable bonds is 2. The first-order chi connectivity index (χ1) is 12.4. The lowest BCUT2D eigenvalue weighted by Gasteiger charge is -2.13. The molecule has 0 spiro atoms. The minimum Gasteiger partial charge on any atom is -0.192 e. The van der Waals surface area contributed by atoms with Gasteiger partial charge >= 0.3 is 12.4 Å². The Morgan fingerprint density at radius 3 is 1.54 bits per heavy atom. The lowest BCUT2D eigenvalue weighted by Crippen LogP contribution is -2.11. The van der Waals surface area contributed by atoms with Crippen LogP contribution in [0.2, 0.25) is 0 Å². The Kier molecular flexibility index (Phi) is 9.26. The minimum absolute atomic E-state index is 0. The van der Waals surface area contributed by atoms with Crippen molar-refractivity contribution in [1.29, 1.82) is 5.26 Å². The first-order valence-electron chi connectivity index (χ1n) is 8.19. The molecule has 0 saturated heterocycles. The van der Waals surface area contributed by atoms with Crippen molar-refractivity contribution in [2.45, 2.75) is 53.4 Å². The summed E-state index contributed by atoms with van der Waals surface area (Å²) in [5.41, 5.74) is 0.657. The molecule has 0 radical (unpaired) electrons. The van der Waals surface area contributed by atoms with Gasteiger partial charge in [-0.25, -0.2) is 0 Å². The Morgan fingerprint density at radius 1 is 0.750 bits per heavy atom. The van der Waals surface area contributed by atoms with Gasteiger partial charge in [0.05, 0.1) is 22.8 Å². The fraction of sp³-hybridized carbons (Fsp3) is 0.381. The molecule has 0 N–H and O–H groups in total. The van der Waals surface area contributed by atoms with Crippen LogP contribution in [-0.2, 0) is 25.2 Å². The second kappa shape index (κ2) is 10.2. The number of hydrogen-bond acceptors (Lipinski definition) is 1. The van der Waals surface area contributed by atoms with Crippen LogP contribution in [0, 0.1) is 18.3 Å². The van der Waals surface area contributed by atoms with Crippen LogP contribution in [0.1, 0.15) is 54.7 Å². The summed E-state index contributed by atoms with van der Waals surface area (Å²) in [6.07, 6.45) is -8.40. The van der Waals surface area contributed by atoms with Gasteiger partial charge in [-0.3, -0.25) is 0 Å². The molecule has 2 aromatic rings. The summed E-state index contributed by atoms with van der Waals surface area (Å²) in [4.78, 5) is 0. The standard InChI is InChI=1S/C10H8F6.C10H11N.CH4/c1-2-6-3-7(9(11,12)13)5-8(4-6)10(14,15)16;1-3-9-4-8(2)5-10(6-9)7-11;/h3-5H,2H2,1H3;4-6H,3H2,1-2H3;1H4. The molecule has 154 valence electrons. The van der Waals surface area contributed by atoms with E-state index in [1.807, 2.05) is 19.1 Å². The zero-order chi connectivity index (χ0) is 20.8. The van der Waals surface area contributed by atoms with E-state index < -0.39 is 23.5 Å². The summed E-state index contributed by atoms with van der Waals surface area (Å²) in [6, 6.07) is 9.68. The van der Waals surface area contributed by atoms with Crippen LogP contribution < -0.4 is 0 Å². The molecule has 0 aliphatic heterocycles. The largest absolute Gasteiger partial charge is 0.416 e. The van der Waals surface area contributed by atoms with E-state index in [0.29, 0.717) is 0 Å². The van der Waals surface area contributed by atoms with E-state index in [9.17, 15) is 26.3 Å². The fourth-order valence-electron chi connectivity index (χ4n) is 2.35. The van der Waals surface area contributed by atoms with Crippen molar-refractivity contribution in [2.24, 2.45) is 0 Å². The van der Waals surface area contributed by atoms with Crippen molar-refractivity contribution >= 4 is 0 Å². The maximum Gasteiger partial charge on any atom is 0.416 e. The van der Waals surface area contributed by atoms with E-state index in [1.54, 1.807) is 0 Å². The second-order valence-electron chi connectivity index (χ2n) is 5.94. The third-order valence-corrected chi connectivity index (χ3v) is 3.73. The Hall–Kier alpha value is -2.49. The molecular weight excluding hydrogens is 380 g/mol. The van der Waals surface area contributed by atoms with Crippen molar-refractivity contribution in [3.05, 3.63) is 69.8 Å². The van der Waals surface area contributed by atoms with Gasteiger partial charge in [0.1, 0.15) is 0 Å². The molecule has 28 heavy (non-hydrogen) atoms. The van der Waals surface area contributed by atoms with Crippen molar-refractivity contribution in [3.8, 4) is 6.07 Å². The summed E-state index contributed by atoms with van der Waals surface area (Å²) < 4.78 is 73.8. The third-order valence-electron chi connectivity index (χ3n) is 3.73. The van der Waals surface area contributed by atoms with Gasteiger partial charge in [-0.2, -0.15) is 31.6 Å². The third kappa shape index (κ3) is 7.63. The molecule has 0 heterocycles. The minimum atomic E-state index is -4.76. The first kappa shape index (κ1) is 25.5. The van der Waals surface area contributed by atoms with Crippen LogP contribution in [0.4, 0.5) is 26.3 Å². The lowest BCUT2D eigenvalue weighted by atomic mass is 10.0. The molecular formula is C21H23F6N. The predicted octanol–water partition coefficient (Wildman–Crippen LogP) is 7.35. The summed E-state index contributed by atoms with van der Waals surface area (Å²) in [5.74, 6) is 0. The summed E-state index contributed by atoms with van der Waals surface area (Å²) in [6.45, 7) is 5.60. The normalized spacial score (nSPS) is 11.0. The highest BCUT2D eigenvalue weighted by Gasteiger charge is 2.36. The molecule has 1 nitrogen and oxygen atoms in total. The summed E-state index contributed by atoms with van der Waals surface area (Å²) in [7, 11) is 0. The first-order valence-corrected chi connectivity index (χ1v) is 8.19. The molecule has 2 aromatic carbocycles. The van der Waals surface area contributed by atoms with Crippen molar-refractivity contribution < 1.29 is 26.3 Å². The Labute approximate surface area is 161 Å². The molecule has 0 aliphatic carbocycles. The second-order valence-corrected chi connectivity index (χ2v) is 5.94. The summed E-state index contributed by atoms with van der Waals surface area (Å²) >= 11 is 0. The number of alkyl halides is 6. The number of nitrogens with zero attached hydrogens (tertiary/aromatic N) is 1. The SMILES string of the molecule is C.CCc1cc(C(F)(F)F)cc(C(F)(F)F)c1.CCc1cc(C)cc(C#N)c1. The van der Waals surface area contributed by atoms with E-state index in [1.165, 1.54) is 18.1 Å². The van der Waals surface area contributed by atoms with Crippen LogP contribution in [0.15, 0.2) is 36.4 Å². The van der Waals surface area contributed by atoms with Gasteiger partial charge in [0, 0.05) is 0 Å². The van der Waals surface area contributed by atoms with E-state index >= 15 is 0 Å². The molecule has 0 fully saturated rings. The molecule has 0 unspecified atom stereocenters. The monoisotopic (exact) mass is 403 g/mol. The van der Waals surface area contributed by atoms with Gasteiger partial charge in [-0.15, -0.1) is 0 Å². The van der Waals surface area contributed by atoms with Crippen LogP contribution in [-0.4, -0.2) is 0 Å². The zero-order valence-electron chi connectivity index (χ0n) is 15.1. The molecule has 0 aliphatic rings. The highest BCUT2D eigenvalue weighted by atomic mass is 19.4. The number of aryl methyl sites for hydroxylation is 3. The fourth-order valence-corrected chi connectivity index (χ4v) is 2.35. The van der Waals surface area contributed by atoms with Crippen molar-refractivity contribution in [1.82, 2.24) is 0 Å². The van der Waals surface area contributed by atoms with Crippen molar-refractivity contribution in [2.75, 3.05) is 0 Å². The average Bonchev–Trinajstić information content (AvgIpc) is 2.59. The Balaban J connectivity index is 0.000000535. The van der Waals surface area contributed by atoms with Crippen LogP contribution in [0.5, 0.6) is 0 Å². The molecule has 0 amide bonds. The van der Waals surface area contributed by atoms with Gasteiger partial charge in [0.15, 0.2) is 0 Å². The summed E-state index contributed by atoms with van der Waals surface area (Å²) in [5, 5.41) is 8.63. The van der Waals surface area contributed by atoms with E-state index in [2.05, 4.69) is 19.1 Å². The van der Waals surface area contributed by atoms with Crippen LogP contribution >= 0.6 is 0 Å². The number of nitriles is 1. The maximum atomic E-state index is 12.3. The van der Waals surface area contributed by atoms with Crippen LogP contribution in [0.25, 0.3) is 0 Å². The quantitative estimate of drug-likeness (QED) is 0.481. The van der Waals surface area contributed by atoms with Gasteiger partial charge in [0.2, 0.25) is 0 Å². The lowest BCUT2D eigenvalue weighted by molar-refractivity contribution is -0.143. The molecule has 0 saturated carbocycles. The smallest absolute Gasteiger partial charge is 0.192 e. The van der Waals surface area contributed by atoms with Crippen LogP contribution in [0.3, 0.4) is 0 Å². The molecule has 0 bridgehead atoms. The molecule has 0 aromatic heterocycles. The van der Waals surface area contributed by atoms with Crippen molar-refractivity contribution in [3.63, 3.8) is 0 Å². The average molecular weight is 403 g/mol. The topological polar surface area (TPSA) is 23.8 Å². The number of halogens is 6. The molecule has 7 heteroatoms. The van der Waals surface area contributed by atoms with E-state index in [0.717, 1.165) is 24.1 Å². The molecule has 2 rings (SSSR count).